The van der Waals surface area contributed by atoms with Crippen molar-refractivity contribution in [1.29, 1.82) is 0 Å². The molecule has 2 aromatic carbocycles. The topological polar surface area (TPSA) is 144 Å². The van der Waals surface area contributed by atoms with Gasteiger partial charge in [-0.15, -0.1) is 0 Å². The van der Waals surface area contributed by atoms with Gasteiger partial charge in [-0.1, -0.05) is 11.6 Å². The minimum atomic E-state index is -4.73. The van der Waals surface area contributed by atoms with Gasteiger partial charge in [0.15, 0.2) is 5.82 Å². The summed E-state index contributed by atoms with van der Waals surface area (Å²) in [4.78, 5) is 20.5. The van der Waals surface area contributed by atoms with Crippen molar-refractivity contribution in [3.05, 3.63) is 63.2 Å². The van der Waals surface area contributed by atoms with Gasteiger partial charge >= 0.3 is 0 Å². The van der Waals surface area contributed by atoms with Crippen molar-refractivity contribution in [2.75, 3.05) is 13.6 Å². The minimum Gasteiger partial charge on any atom is -0.274 e. The van der Waals surface area contributed by atoms with Crippen molar-refractivity contribution < 1.29 is 35.3 Å². The van der Waals surface area contributed by atoms with Gasteiger partial charge < -0.3 is 0 Å². The second-order valence-corrected chi connectivity index (χ2v) is 10.5. The van der Waals surface area contributed by atoms with E-state index in [1.807, 2.05) is 0 Å². The Hall–Kier alpha value is -2.68. The number of hydrogen-bond donors (Lipinski definition) is 1. The molecule has 0 spiro atoms. The summed E-state index contributed by atoms with van der Waals surface area (Å²) in [5.74, 6) is -3.16. The normalized spacial score (nSPS) is 12.0. The summed E-state index contributed by atoms with van der Waals surface area (Å²) in [6, 6.07) is 4.92. The largest absolute Gasteiger partial charge is 0.290 e. The molecule has 0 fully saturated rings. The number of nitrogens with one attached hydrogen (secondary N) is 1. The first-order valence-electron chi connectivity index (χ1n) is 8.66. The SMILES string of the molecule is CN(CCCC(=O)NS(=O)(=O)c1cc(Cl)c([N+](=O)[O-])cc1F)S(=O)(=O)c1ccc(F)cc1. The fraction of sp³-hybridized carbons (Fsp3) is 0.235. The van der Waals surface area contributed by atoms with Crippen LogP contribution in [-0.2, 0) is 24.8 Å². The van der Waals surface area contributed by atoms with Crippen LogP contribution in [0.4, 0.5) is 14.5 Å². The number of rotatable bonds is 9. The molecular weight excluding hydrogens is 496 g/mol. The molecule has 0 aliphatic rings. The Morgan fingerprint density at radius 2 is 1.75 bits per heavy atom. The van der Waals surface area contributed by atoms with Gasteiger partial charge in [0.05, 0.1) is 15.9 Å². The Morgan fingerprint density at radius 1 is 1.16 bits per heavy atom. The Balaban J connectivity index is 2.01. The van der Waals surface area contributed by atoms with Crippen molar-refractivity contribution >= 4 is 43.2 Å². The average Bonchev–Trinajstić information content (AvgIpc) is 2.68. The number of benzene rings is 2. The summed E-state index contributed by atoms with van der Waals surface area (Å²) in [5, 5.41) is 10.1. The van der Waals surface area contributed by atoms with Crippen molar-refractivity contribution in [2.24, 2.45) is 0 Å². The third-order valence-corrected chi connectivity index (χ3v) is 7.70. The Bertz CT molecular complexity index is 1250. The van der Waals surface area contributed by atoms with Crippen LogP contribution < -0.4 is 4.72 Å². The molecule has 32 heavy (non-hydrogen) atoms. The first-order valence-corrected chi connectivity index (χ1v) is 12.0. The second-order valence-electron chi connectivity index (χ2n) is 6.40. The lowest BCUT2D eigenvalue weighted by Crippen LogP contribution is -2.32. The number of nitro groups is 1. The summed E-state index contributed by atoms with van der Waals surface area (Å²) in [7, 11) is -7.46. The molecule has 0 saturated carbocycles. The van der Waals surface area contributed by atoms with Crippen LogP contribution in [0.1, 0.15) is 12.8 Å². The molecule has 10 nitrogen and oxygen atoms in total. The van der Waals surface area contributed by atoms with Gasteiger partial charge in [0, 0.05) is 20.0 Å². The van der Waals surface area contributed by atoms with E-state index in [1.165, 1.54) is 7.05 Å². The van der Waals surface area contributed by atoms with Crippen molar-refractivity contribution in [3.63, 3.8) is 0 Å². The van der Waals surface area contributed by atoms with Crippen molar-refractivity contribution in [2.45, 2.75) is 22.6 Å². The summed E-state index contributed by atoms with van der Waals surface area (Å²) in [5.41, 5.74) is -0.847. The van der Waals surface area contributed by atoms with Gasteiger partial charge in [0.1, 0.15) is 15.7 Å². The van der Waals surface area contributed by atoms with Gasteiger partial charge in [-0.05, 0) is 36.8 Å². The van der Waals surface area contributed by atoms with Gasteiger partial charge in [0.25, 0.3) is 15.7 Å². The highest BCUT2D eigenvalue weighted by molar-refractivity contribution is 7.90. The zero-order valence-electron chi connectivity index (χ0n) is 16.3. The first kappa shape index (κ1) is 25.6. The molecule has 0 unspecified atom stereocenters. The highest BCUT2D eigenvalue weighted by Gasteiger charge is 2.27. The third kappa shape index (κ3) is 5.97. The van der Waals surface area contributed by atoms with Gasteiger partial charge in [-0.2, -0.15) is 0 Å². The molecule has 174 valence electrons. The molecule has 0 atom stereocenters. The number of carbonyl (C=O) groups excluding carboxylic acids is 1. The highest BCUT2D eigenvalue weighted by atomic mass is 35.5. The molecule has 0 saturated heterocycles. The fourth-order valence-corrected chi connectivity index (χ4v) is 5.10. The third-order valence-electron chi connectivity index (χ3n) is 4.13. The molecule has 15 heteroatoms. The van der Waals surface area contributed by atoms with Gasteiger partial charge in [0.2, 0.25) is 15.9 Å². The van der Waals surface area contributed by atoms with Crippen LogP contribution in [0.5, 0.6) is 0 Å². The summed E-state index contributed by atoms with van der Waals surface area (Å²) >= 11 is 5.59. The number of hydrogen-bond acceptors (Lipinski definition) is 7. The van der Waals surface area contributed by atoms with E-state index in [0.717, 1.165) is 28.6 Å². The maximum absolute atomic E-state index is 14.0. The zero-order chi connectivity index (χ0) is 24.3. The summed E-state index contributed by atoms with van der Waals surface area (Å²) in [6.45, 7) is -0.176. The molecule has 2 aromatic rings. The number of amides is 1. The maximum Gasteiger partial charge on any atom is 0.290 e. The smallest absolute Gasteiger partial charge is 0.274 e. The van der Waals surface area contributed by atoms with Crippen LogP contribution in [0.3, 0.4) is 0 Å². The fourth-order valence-electron chi connectivity index (χ4n) is 2.49. The molecule has 2 rings (SSSR count). The van der Waals surface area contributed by atoms with Crippen LogP contribution in [0.15, 0.2) is 46.2 Å². The van der Waals surface area contributed by atoms with Gasteiger partial charge in [-0.3, -0.25) is 14.9 Å². The lowest BCUT2D eigenvalue weighted by molar-refractivity contribution is -0.384. The summed E-state index contributed by atoms with van der Waals surface area (Å²) < 4.78 is 78.7. The van der Waals surface area contributed by atoms with Crippen molar-refractivity contribution in [3.8, 4) is 0 Å². The standard InChI is InChI=1S/C17H16ClF2N3O7S2/c1-22(32(29,30)12-6-4-11(19)5-7-12)8-2-3-17(24)21-31(27,28)16-9-13(18)15(23(25)26)10-14(16)20/h4-7,9-10H,2-3,8H2,1H3,(H,21,24). The monoisotopic (exact) mass is 511 g/mol. The van der Waals surface area contributed by atoms with E-state index >= 15 is 0 Å². The van der Waals surface area contributed by atoms with Crippen LogP contribution in [0.2, 0.25) is 5.02 Å². The Morgan fingerprint density at radius 3 is 2.31 bits per heavy atom. The summed E-state index contributed by atoms with van der Waals surface area (Å²) in [6.07, 6.45) is -0.535. The van der Waals surface area contributed by atoms with E-state index in [0.29, 0.717) is 12.1 Å². The van der Waals surface area contributed by atoms with Crippen molar-refractivity contribution in [1.82, 2.24) is 9.03 Å². The van der Waals surface area contributed by atoms with Crippen LogP contribution in [-0.4, -0.2) is 45.6 Å². The predicted octanol–water partition coefficient (Wildman–Crippen LogP) is 2.43. The van der Waals surface area contributed by atoms with E-state index < -0.39 is 64.5 Å². The number of sulfonamides is 2. The molecule has 0 bridgehead atoms. The molecule has 1 N–H and O–H groups in total. The van der Waals surface area contributed by atoms with E-state index in [4.69, 9.17) is 11.6 Å². The lowest BCUT2D eigenvalue weighted by atomic mass is 10.3. The van der Waals surface area contributed by atoms with Gasteiger partial charge in [-0.25, -0.2) is 34.6 Å². The zero-order valence-corrected chi connectivity index (χ0v) is 18.7. The molecular formula is C17H16ClF2N3O7S2. The molecule has 0 aliphatic heterocycles. The highest BCUT2D eigenvalue weighted by Crippen LogP contribution is 2.29. The molecule has 0 aliphatic carbocycles. The van der Waals surface area contributed by atoms with E-state index in [1.54, 1.807) is 4.72 Å². The van der Waals surface area contributed by atoms with E-state index in [9.17, 15) is 40.5 Å². The predicted molar refractivity (Wildman–Crippen MR) is 109 cm³/mol. The molecule has 0 aromatic heterocycles. The number of carbonyl (C=O) groups is 1. The minimum absolute atomic E-state index is 0.0955. The number of halogens is 3. The second kappa shape index (κ2) is 9.85. The molecule has 1 amide bonds. The van der Waals surface area contributed by atoms with Crippen LogP contribution >= 0.6 is 11.6 Å². The lowest BCUT2D eigenvalue weighted by Gasteiger charge is -2.17. The van der Waals surface area contributed by atoms with E-state index in [-0.39, 0.29) is 17.9 Å². The Kier molecular flexibility index (Phi) is 7.88. The molecule has 0 heterocycles. The maximum atomic E-state index is 14.0. The van der Waals surface area contributed by atoms with Crippen LogP contribution in [0.25, 0.3) is 0 Å². The average molecular weight is 512 g/mol. The number of nitro benzene ring substituents is 1. The van der Waals surface area contributed by atoms with E-state index in [2.05, 4.69) is 0 Å². The number of nitrogens with zero attached hydrogens (tertiary/aromatic N) is 2. The quantitative estimate of drug-likeness (QED) is 0.402. The Labute approximate surface area is 187 Å². The molecule has 0 radical (unpaired) electrons. The van der Waals surface area contributed by atoms with Crippen LogP contribution in [0, 0.1) is 21.7 Å². The first-order chi connectivity index (χ1) is 14.8.